The van der Waals surface area contributed by atoms with E-state index in [2.05, 4.69) is 33.5 Å². The van der Waals surface area contributed by atoms with Gasteiger partial charge in [0.2, 0.25) is 0 Å². The van der Waals surface area contributed by atoms with Crippen LogP contribution < -0.4 is 24.8 Å². The summed E-state index contributed by atoms with van der Waals surface area (Å²) in [6.07, 6.45) is 0.404. The quantitative estimate of drug-likeness (QED) is 0.436. The van der Waals surface area contributed by atoms with Crippen LogP contribution in [0.15, 0.2) is 0 Å². The average molecular weight is 227 g/mol. The Hall–Kier alpha value is 1.52. The molecule has 1 nitrogen and oxygen atoms in total. The van der Waals surface area contributed by atoms with Gasteiger partial charge in [0, 0.05) is 6.10 Å². The molecule has 0 aromatic rings. The van der Waals surface area contributed by atoms with Gasteiger partial charge < -0.3 is 29.2 Å². The molecule has 0 heterocycles. The predicted octanol–water partition coefficient (Wildman–Crippen LogP) is -4.13. The molecule has 0 radical (unpaired) electrons. The van der Waals surface area contributed by atoms with Crippen molar-refractivity contribution in [2.45, 2.75) is 39.6 Å². The molecule has 0 N–H and O–H groups in total. The summed E-state index contributed by atoms with van der Waals surface area (Å²) in [4.78, 5) is 0. The second kappa shape index (κ2) is 9.61. The van der Waals surface area contributed by atoms with Crippen LogP contribution in [0.4, 0.5) is 0 Å². The molecule has 0 rings (SSSR count). The molecule has 0 bridgehead atoms. The molecule has 0 aromatic carbocycles. The van der Waals surface area contributed by atoms with Gasteiger partial charge >= 0.3 is 23.1 Å². The van der Waals surface area contributed by atoms with Gasteiger partial charge in [-0.2, -0.15) is 0 Å². The van der Waals surface area contributed by atoms with Crippen molar-refractivity contribution in [3.05, 3.63) is 0 Å². The van der Waals surface area contributed by atoms with Gasteiger partial charge in [0.05, 0.1) is 0 Å². The molecule has 5 heteroatoms. The normalized spacial score (nSPS) is 9.27. The monoisotopic (exact) mass is 226 g/mol. The van der Waals surface area contributed by atoms with Gasteiger partial charge in [-0.3, -0.25) is 0 Å². The van der Waals surface area contributed by atoms with E-state index in [9.17, 15) is 0 Å². The third-order valence-electron chi connectivity index (χ3n) is 0.589. The molecular formula is C6H16Cl2MgOSi. The molecule has 0 fully saturated rings. The Labute approximate surface area is 99.8 Å². The zero-order valence-corrected chi connectivity index (χ0v) is 11.9. The molecule has 0 aliphatic rings. The summed E-state index contributed by atoms with van der Waals surface area (Å²) >= 11 is 0. The average Bonchev–Trinajstić information content (AvgIpc) is 1.21. The summed E-state index contributed by atoms with van der Waals surface area (Å²) in [6, 6.07) is 0. The predicted molar refractivity (Wildman–Crippen MR) is 45.3 cm³/mol. The Bertz CT molecular complexity index is 75.5. The molecule has 0 saturated carbocycles. The second-order valence-electron chi connectivity index (χ2n) is 3.28. The fourth-order valence-corrected chi connectivity index (χ4v) is 2.12. The van der Waals surface area contributed by atoms with Crippen LogP contribution in [0.1, 0.15) is 13.8 Å². The third kappa shape index (κ3) is 24.6. The molecule has 0 spiro atoms. The molecule has 0 aliphatic carbocycles. The Morgan fingerprint density at radius 1 is 1.00 bits per heavy atom. The van der Waals surface area contributed by atoms with E-state index < -0.39 is 8.32 Å². The van der Waals surface area contributed by atoms with Crippen molar-refractivity contribution >= 4 is 31.4 Å². The molecule has 0 aromatic heterocycles. The van der Waals surface area contributed by atoms with Crippen molar-refractivity contribution in [3.63, 3.8) is 0 Å². The Balaban J connectivity index is -0.0000000817. The minimum atomic E-state index is -1.22. The molecule has 0 amide bonds. The molecule has 66 valence electrons. The van der Waals surface area contributed by atoms with Crippen molar-refractivity contribution in [3.8, 4) is 0 Å². The van der Waals surface area contributed by atoms with Crippen LogP contribution in [-0.4, -0.2) is 37.5 Å². The van der Waals surface area contributed by atoms with E-state index >= 15 is 0 Å². The van der Waals surface area contributed by atoms with Crippen LogP contribution in [0.2, 0.25) is 19.6 Å². The van der Waals surface area contributed by atoms with Crippen LogP contribution >= 0.6 is 0 Å². The molecule has 0 aliphatic heterocycles. The molecule has 11 heavy (non-hydrogen) atoms. The fraction of sp³-hybridized carbons (Fsp3) is 1.00. The Kier molecular flexibility index (Phi) is 20.0. The zero-order chi connectivity index (χ0) is 6.78. The van der Waals surface area contributed by atoms with Gasteiger partial charge in [0.15, 0.2) is 8.32 Å². The molecule has 0 unspecified atom stereocenters. The van der Waals surface area contributed by atoms with Crippen molar-refractivity contribution in [1.82, 2.24) is 0 Å². The van der Waals surface area contributed by atoms with Crippen LogP contribution in [-0.2, 0) is 4.43 Å². The Morgan fingerprint density at radius 2 is 1.27 bits per heavy atom. The minimum Gasteiger partial charge on any atom is -1.00 e. The summed E-state index contributed by atoms with van der Waals surface area (Å²) in [5, 5.41) is 0. The number of halogens is 2. The van der Waals surface area contributed by atoms with Gasteiger partial charge in [-0.05, 0) is 33.5 Å². The van der Waals surface area contributed by atoms with E-state index in [1.165, 1.54) is 0 Å². The first-order valence-corrected chi connectivity index (χ1v) is 6.50. The standard InChI is InChI=1S/C6H16OSi.2ClH.Mg/c1-6(2)7-8(3,4)5;;;/h6H,1-5H3;2*1H;/q;;;+2/p-2. The second-order valence-corrected chi connectivity index (χ2v) is 7.74. The number of rotatable bonds is 2. The maximum Gasteiger partial charge on any atom is 2.00 e. The van der Waals surface area contributed by atoms with E-state index in [0.29, 0.717) is 6.10 Å². The van der Waals surface area contributed by atoms with E-state index in [1.807, 2.05) is 0 Å². The van der Waals surface area contributed by atoms with Crippen LogP contribution in [0.5, 0.6) is 0 Å². The van der Waals surface area contributed by atoms with Gasteiger partial charge in [-0.25, -0.2) is 0 Å². The smallest absolute Gasteiger partial charge is 1.00 e. The molecule has 0 atom stereocenters. The maximum absolute atomic E-state index is 5.58. The number of hydrogen-bond acceptors (Lipinski definition) is 1. The van der Waals surface area contributed by atoms with Crippen LogP contribution in [0.3, 0.4) is 0 Å². The summed E-state index contributed by atoms with van der Waals surface area (Å²) < 4.78 is 5.58. The van der Waals surface area contributed by atoms with Gasteiger partial charge in [-0.15, -0.1) is 0 Å². The first-order chi connectivity index (χ1) is 3.42. The van der Waals surface area contributed by atoms with E-state index in [4.69, 9.17) is 4.43 Å². The van der Waals surface area contributed by atoms with Gasteiger partial charge in [0.1, 0.15) is 0 Å². The van der Waals surface area contributed by atoms with Crippen LogP contribution in [0, 0.1) is 0 Å². The summed E-state index contributed by atoms with van der Waals surface area (Å²) in [6.45, 7) is 10.8. The van der Waals surface area contributed by atoms with Gasteiger partial charge in [-0.1, -0.05) is 0 Å². The Morgan fingerprint density at radius 3 is 1.27 bits per heavy atom. The third-order valence-corrected chi connectivity index (χ3v) is 1.77. The van der Waals surface area contributed by atoms with E-state index in [1.54, 1.807) is 0 Å². The van der Waals surface area contributed by atoms with Crippen molar-refractivity contribution in [2.75, 3.05) is 0 Å². The van der Waals surface area contributed by atoms with Crippen LogP contribution in [0.25, 0.3) is 0 Å². The summed E-state index contributed by atoms with van der Waals surface area (Å²) in [5.74, 6) is 0. The largest absolute Gasteiger partial charge is 2.00 e. The first-order valence-electron chi connectivity index (χ1n) is 3.09. The summed E-state index contributed by atoms with van der Waals surface area (Å²) in [5.41, 5.74) is 0. The topological polar surface area (TPSA) is 9.23 Å². The molecule has 0 saturated heterocycles. The van der Waals surface area contributed by atoms with Crippen molar-refractivity contribution in [1.29, 1.82) is 0 Å². The summed E-state index contributed by atoms with van der Waals surface area (Å²) in [7, 11) is -1.22. The van der Waals surface area contributed by atoms with E-state index in [-0.39, 0.29) is 47.9 Å². The molecular weight excluding hydrogens is 211 g/mol. The maximum atomic E-state index is 5.58. The van der Waals surface area contributed by atoms with Crippen molar-refractivity contribution < 1.29 is 29.2 Å². The fourth-order valence-electron chi connectivity index (χ4n) is 0.707. The van der Waals surface area contributed by atoms with Gasteiger partial charge in [0.25, 0.3) is 0 Å². The van der Waals surface area contributed by atoms with Crippen molar-refractivity contribution in [2.24, 2.45) is 0 Å². The number of hydrogen-bond donors (Lipinski definition) is 0. The van der Waals surface area contributed by atoms with E-state index in [0.717, 1.165) is 0 Å². The SMILES string of the molecule is CC(C)O[Si](C)(C)C.[Cl-].[Cl-].[Mg+2]. The zero-order valence-electron chi connectivity index (χ0n) is 7.95. The first kappa shape index (κ1) is 22.9. The minimum absolute atomic E-state index is 0.